The zero-order valence-corrected chi connectivity index (χ0v) is 18.0. The summed E-state index contributed by atoms with van der Waals surface area (Å²) in [5.74, 6) is -0.355. The zero-order valence-electron chi connectivity index (χ0n) is 15.7. The molecule has 1 fully saturated rings. The highest BCUT2D eigenvalue weighted by Crippen LogP contribution is 2.37. The molecule has 2 aliphatic heterocycles. The molecule has 2 aromatic carbocycles. The molecule has 0 atom stereocenters. The van der Waals surface area contributed by atoms with E-state index in [2.05, 4.69) is 5.32 Å². The highest BCUT2D eigenvalue weighted by molar-refractivity contribution is 8.18. The second kappa shape index (κ2) is 8.70. The van der Waals surface area contributed by atoms with Gasteiger partial charge in [0.15, 0.2) is 17.2 Å². The summed E-state index contributed by atoms with van der Waals surface area (Å²) < 4.78 is 10.9. The van der Waals surface area contributed by atoms with Crippen LogP contribution in [0.4, 0.5) is 10.5 Å². The van der Waals surface area contributed by atoms with Gasteiger partial charge >= 0.3 is 0 Å². The summed E-state index contributed by atoms with van der Waals surface area (Å²) in [6, 6.07) is 7.73. The second-order valence-electron chi connectivity index (χ2n) is 6.51. The molecule has 11 heteroatoms. The van der Waals surface area contributed by atoms with Crippen LogP contribution in [0.15, 0.2) is 35.2 Å². The van der Waals surface area contributed by atoms with E-state index in [1.165, 1.54) is 18.2 Å². The number of anilines is 1. The minimum atomic E-state index is -0.618. The molecule has 8 nitrogen and oxygen atoms in total. The number of halogens is 2. The van der Waals surface area contributed by atoms with E-state index in [-0.39, 0.29) is 20.7 Å². The molecule has 160 valence electrons. The molecule has 2 aliphatic rings. The maximum absolute atomic E-state index is 12.6. The molecule has 0 bridgehead atoms. The van der Waals surface area contributed by atoms with E-state index in [4.69, 9.17) is 32.7 Å². The zero-order chi connectivity index (χ0) is 22.1. The van der Waals surface area contributed by atoms with E-state index in [9.17, 15) is 19.5 Å². The van der Waals surface area contributed by atoms with Crippen LogP contribution in [0.3, 0.4) is 0 Å². The van der Waals surface area contributed by atoms with Crippen molar-refractivity contribution in [3.8, 4) is 17.2 Å². The first-order valence-corrected chi connectivity index (χ1v) is 10.5. The number of rotatable bonds is 4. The van der Waals surface area contributed by atoms with Crippen molar-refractivity contribution in [1.82, 2.24) is 4.90 Å². The lowest BCUT2D eigenvalue weighted by atomic mass is 10.2. The molecule has 1 saturated heterocycles. The van der Waals surface area contributed by atoms with Crippen molar-refractivity contribution in [3.63, 3.8) is 0 Å². The molecule has 0 saturated carbocycles. The molecule has 2 N–H and O–H groups in total. The molecule has 0 aromatic heterocycles. The van der Waals surface area contributed by atoms with Crippen molar-refractivity contribution in [2.24, 2.45) is 0 Å². The average molecular weight is 481 g/mol. The average Bonchev–Trinajstić information content (AvgIpc) is 2.99. The second-order valence-corrected chi connectivity index (χ2v) is 8.32. The Hall–Kier alpha value is -2.88. The summed E-state index contributed by atoms with van der Waals surface area (Å²) in [7, 11) is 0. The van der Waals surface area contributed by atoms with E-state index in [1.807, 2.05) is 0 Å². The van der Waals surface area contributed by atoms with Gasteiger partial charge in [-0.1, -0.05) is 23.2 Å². The molecule has 2 aromatic rings. The van der Waals surface area contributed by atoms with Crippen LogP contribution in [-0.2, 0) is 9.59 Å². The fraction of sp³-hybridized carbons (Fsp3) is 0.150. The molecule has 0 unspecified atom stereocenters. The number of benzene rings is 2. The maximum Gasteiger partial charge on any atom is 0.294 e. The molecule has 4 rings (SSSR count). The van der Waals surface area contributed by atoms with Crippen LogP contribution >= 0.6 is 35.0 Å². The third kappa shape index (κ3) is 4.58. The first-order chi connectivity index (χ1) is 14.8. The SMILES string of the molecule is O=C(CN1C(=O)S/C(=C\c2cc(Cl)c(O)c(Cl)c2)C1=O)Nc1ccc2c(c1)OCCO2. The standard InChI is InChI=1S/C20H14Cl2N2O6S/c21-12-5-10(6-13(22)18(12)26)7-16-19(27)24(20(28)31-16)9-17(25)23-11-1-2-14-15(8-11)30-4-3-29-14/h1-2,5-8,26H,3-4,9H2,(H,23,25)/b16-7-. The molecular weight excluding hydrogens is 467 g/mol. The first-order valence-electron chi connectivity index (χ1n) is 8.94. The van der Waals surface area contributed by atoms with Crippen LogP contribution in [0, 0.1) is 0 Å². The summed E-state index contributed by atoms with van der Waals surface area (Å²) in [5.41, 5.74) is 0.879. The lowest BCUT2D eigenvalue weighted by Crippen LogP contribution is -2.36. The highest BCUT2D eigenvalue weighted by atomic mass is 35.5. The van der Waals surface area contributed by atoms with Crippen LogP contribution < -0.4 is 14.8 Å². The number of nitrogens with one attached hydrogen (secondary N) is 1. The van der Waals surface area contributed by atoms with E-state index in [1.54, 1.807) is 18.2 Å². The molecule has 0 radical (unpaired) electrons. The number of aromatic hydroxyl groups is 1. The van der Waals surface area contributed by atoms with Gasteiger partial charge in [-0.25, -0.2) is 0 Å². The third-order valence-corrected chi connectivity index (χ3v) is 5.82. The summed E-state index contributed by atoms with van der Waals surface area (Å²) in [6.45, 7) is 0.409. The predicted molar refractivity (Wildman–Crippen MR) is 117 cm³/mol. The fourth-order valence-electron chi connectivity index (χ4n) is 2.92. The van der Waals surface area contributed by atoms with Gasteiger partial charge < -0.3 is 19.9 Å². The van der Waals surface area contributed by atoms with Gasteiger partial charge in [-0.2, -0.15) is 0 Å². The molecule has 0 spiro atoms. The van der Waals surface area contributed by atoms with Gasteiger partial charge in [-0.15, -0.1) is 0 Å². The fourth-order valence-corrected chi connectivity index (χ4v) is 4.26. The maximum atomic E-state index is 12.6. The highest BCUT2D eigenvalue weighted by Gasteiger charge is 2.36. The Balaban J connectivity index is 1.45. The van der Waals surface area contributed by atoms with E-state index in [0.717, 1.165) is 4.90 Å². The predicted octanol–water partition coefficient (Wildman–Crippen LogP) is 4.15. The van der Waals surface area contributed by atoms with Gasteiger partial charge in [0.05, 0.1) is 15.0 Å². The topological polar surface area (TPSA) is 105 Å². The Morgan fingerprint density at radius 3 is 2.52 bits per heavy atom. The van der Waals surface area contributed by atoms with Crippen LogP contribution in [-0.4, -0.2) is 46.8 Å². The van der Waals surface area contributed by atoms with Gasteiger partial charge in [-0.05, 0) is 47.7 Å². The van der Waals surface area contributed by atoms with Crippen LogP contribution in [0.2, 0.25) is 10.0 Å². The summed E-state index contributed by atoms with van der Waals surface area (Å²) in [6.07, 6.45) is 1.42. The van der Waals surface area contributed by atoms with Gasteiger partial charge in [0, 0.05) is 11.8 Å². The number of phenols is 1. The van der Waals surface area contributed by atoms with Crippen molar-refractivity contribution in [2.45, 2.75) is 0 Å². The number of ether oxygens (including phenoxy) is 2. The molecule has 3 amide bonds. The minimum absolute atomic E-state index is 0.0109. The number of thioether (sulfide) groups is 1. The number of phenolic OH excluding ortho intramolecular Hbond substituents is 1. The lowest BCUT2D eigenvalue weighted by Gasteiger charge is -2.19. The van der Waals surface area contributed by atoms with Crippen molar-refractivity contribution in [1.29, 1.82) is 0 Å². The summed E-state index contributed by atoms with van der Waals surface area (Å²) in [4.78, 5) is 38.2. The quantitative estimate of drug-likeness (QED) is 0.633. The Bertz CT molecular complexity index is 1110. The van der Waals surface area contributed by atoms with Crippen molar-refractivity contribution in [3.05, 3.63) is 50.8 Å². The Morgan fingerprint density at radius 2 is 1.81 bits per heavy atom. The monoisotopic (exact) mass is 480 g/mol. The first kappa shape index (κ1) is 21.4. The number of nitrogens with zero attached hydrogens (tertiary/aromatic N) is 1. The number of fused-ring (bicyclic) bond motifs is 1. The number of hydrogen-bond acceptors (Lipinski definition) is 7. The number of carbonyl (C=O) groups excluding carboxylic acids is 3. The van der Waals surface area contributed by atoms with Crippen LogP contribution in [0.5, 0.6) is 17.2 Å². The molecular formula is C20H14Cl2N2O6S. The van der Waals surface area contributed by atoms with Gasteiger partial charge in [0.25, 0.3) is 11.1 Å². The number of carbonyl (C=O) groups is 3. The van der Waals surface area contributed by atoms with Crippen LogP contribution in [0.25, 0.3) is 6.08 Å². The van der Waals surface area contributed by atoms with Crippen molar-refractivity contribution >= 4 is 63.8 Å². The van der Waals surface area contributed by atoms with Gasteiger partial charge in [-0.3, -0.25) is 19.3 Å². The van der Waals surface area contributed by atoms with Gasteiger partial charge in [0.1, 0.15) is 19.8 Å². The third-order valence-electron chi connectivity index (χ3n) is 4.34. The van der Waals surface area contributed by atoms with E-state index in [0.29, 0.717) is 47.7 Å². The Kier molecular flexibility index (Phi) is 5.99. The van der Waals surface area contributed by atoms with E-state index < -0.39 is 23.6 Å². The lowest BCUT2D eigenvalue weighted by molar-refractivity contribution is -0.127. The van der Waals surface area contributed by atoms with E-state index >= 15 is 0 Å². The number of hydrogen-bond donors (Lipinski definition) is 2. The number of imide groups is 1. The van der Waals surface area contributed by atoms with Gasteiger partial charge in [0.2, 0.25) is 5.91 Å². The minimum Gasteiger partial charge on any atom is -0.505 e. The number of amides is 3. The molecule has 31 heavy (non-hydrogen) atoms. The summed E-state index contributed by atoms with van der Waals surface area (Å²) in [5, 5.41) is 11.7. The van der Waals surface area contributed by atoms with Crippen LogP contribution in [0.1, 0.15) is 5.56 Å². The molecule has 2 heterocycles. The molecule has 0 aliphatic carbocycles. The Morgan fingerprint density at radius 1 is 1.13 bits per heavy atom. The normalized spacial score (nSPS) is 16.7. The summed E-state index contributed by atoms with van der Waals surface area (Å²) >= 11 is 12.5. The van der Waals surface area contributed by atoms with Crippen molar-refractivity contribution in [2.75, 3.05) is 25.1 Å². The smallest absolute Gasteiger partial charge is 0.294 e. The largest absolute Gasteiger partial charge is 0.505 e. The Labute approximate surface area is 190 Å². The van der Waals surface area contributed by atoms with Crippen molar-refractivity contribution < 1.29 is 29.0 Å².